The Hall–Kier alpha value is -2.65. The molecule has 2 saturated carbocycles. The van der Waals surface area contributed by atoms with E-state index in [1.54, 1.807) is 4.90 Å². The molecule has 3 fully saturated rings. The highest BCUT2D eigenvalue weighted by atomic mass is 16.2. The number of nitrogens with one attached hydrogen (secondary N) is 3. The van der Waals surface area contributed by atoms with Gasteiger partial charge >= 0.3 is 6.03 Å². The average Bonchev–Trinajstić information content (AvgIpc) is 3.06. The molecule has 2 aliphatic carbocycles. The van der Waals surface area contributed by atoms with Crippen LogP contribution in [0.25, 0.3) is 0 Å². The summed E-state index contributed by atoms with van der Waals surface area (Å²) in [5, 5.41) is 8.44. The third-order valence-electron chi connectivity index (χ3n) is 8.31. The fraction of sp³-hybridized carbons (Fsp3) is 0.815. The molecule has 5 N–H and O–H groups in total. The number of hydrogen-bond acceptors (Lipinski definition) is 5. The monoisotopic (exact) mass is 519 g/mol. The van der Waals surface area contributed by atoms with Gasteiger partial charge in [-0.15, -0.1) is 0 Å². The number of nitrogens with zero attached hydrogens (tertiary/aromatic N) is 1. The first-order chi connectivity index (χ1) is 16.8. The van der Waals surface area contributed by atoms with Gasteiger partial charge in [0.05, 0.1) is 6.04 Å². The Morgan fingerprint density at radius 3 is 2.05 bits per heavy atom. The summed E-state index contributed by atoms with van der Waals surface area (Å²) in [7, 11) is 0. The Kier molecular flexibility index (Phi) is 7.74. The molecule has 0 spiro atoms. The van der Waals surface area contributed by atoms with Crippen LogP contribution >= 0.6 is 0 Å². The lowest BCUT2D eigenvalue weighted by Gasteiger charge is -2.38. The van der Waals surface area contributed by atoms with Gasteiger partial charge in [-0.1, -0.05) is 53.9 Å². The highest BCUT2D eigenvalue weighted by molar-refractivity contribution is 6.37. The van der Waals surface area contributed by atoms with Crippen LogP contribution in [0.2, 0.25) is 0 Å². The van der Waals surface area contributed by atoms with E-state index >= 15 is 0 Å². The van der Waals surface area contributed by atoms with Crippen molar-refractivity contribution in [3.8, 4) is 0 Å². The maximum Gasteiger partial charge on any atom is 0.315 e. The molecule has 0 aromatic carbocycles. The molecule has 0 bridgehead atoms. The van der Waals surface area contributed by atoms with Crippen LogP contribution in [0.15, 0.2) is 0 Å². The molecule has 0 aromatic rings. The minimum atomic E-state index is -1.07. The summed E-state index contributed by atoms with van der Waals surface area (Å²) in [6.45, 7) is 15.7. The largest absolute Gasteiger partial charge is 0.363 e. The minimum absolute atomic E-state index is 0.0755. The van der Waals surface area contributed by atoms with Crippen LogP contribution in [0, 0.1) is 28.6 Å². The van der Waals surface area contributed by atoms with Gasteiger partial charge in [0.25, 0.3) is 5.91 Å². The number of rotatable bonds is 8. The Labute approximate surface area is 220 Å². The normalized spacial score (nSPS) is 26.3. The van der Waals surface area contributed by atoms with E-state index in [1.807, 2.05) is 41.5 Å². The fourth-order valence-electron chi connectivity index (χ4n) is 5.86. The van der Waals surface area contributed by atoms with Crippen LogP contribution in [-0.2, 0) is 19.2 Å². The second-order valence-electron chi connectivity index (χ2n) is 13.9. The van der Waals surface area contributed by atoms with Crippen molar-refractivity contribution >= 4 is 29.5 Å². The van der Waals surface area contributed by atoms with Crippen molar-refractivity contribution in [1.29, 1.82) is 0 Å². The summed E-state index contributed by atoms with van der Waals surface area (Å²) in [5.41, 5.74) is 4.04. The van der Waals surface area contributed by atoms with Gasteiger partial charge < -0.3 is 26.6 Å². The lowest BCUT2D eigenvalue weighted by molar-refractivity contribution is -0.145. The molecule has 10 heteroatoms. The number of carbonyl (C=O) groups excluding carboxylic acids is 5. The van der Waals surface area contributed by atoms with Crippen molar-refractivity contribution in [2.45, 2.75) is 105 Å². The Morgan fingerprint density at radius 1 is 1.00 bits per heavy atom. The van der Waals surface area contributed by atoms with Crippen LogP contribution < -0.4 is 21.7 Å². The van der Waals surface area contributed by atoms with E-state index in [1.165, 1.54) is 0 Å². The SMILES string of the molecule is CC(C)(C)NC(=O)N[C@H](C(=O)N1C[C@H]2[C@@H](C1C(=O)N[C@@H](CC1CCC1)C(=O)C(N)=O)C2(C)C)C(C)(C)C. The van der Waals surface area contributed by atoms with Crippen LogP contribution in [0.4, 0.5) is 4.79 Å². The maximum absolute atomic E-state index is 13.9. The summed E-state index contributed by atoms with van der Waals surface area (Å²) >= 11 is 0. The number of nitrogens with two attached hydrogens (primary N) is 1. The molecule has 5 atom stereocenters. The zero-order valence-corrected chi connectivity index (χ0v) is 23.6. The maximum atomic E-state index is 13.9. The Balaban J connectivity index is 1.83. The van der Waals surface area contributed by atoms with E-state index < -0.39 is 52.7 Å². The number of fused-ring (bicyclic) bond motifs is 1. The summed E-state index contributed by atoms with van der Waals surface area (Å²) in [6, 6.07) is -3.13. The van der Waals surface area contributed by atoms with Gasteiger partial charge in [-0.25, -0.2) is 4.79 Å². The lowest BCUT2D eigenvalue weighted by atomic mass is 9.80. The molecule has 1 saturated heterocycles. The molecule has 10 nitrogen and oxygen atoms in total. The highest BCUT2D eigenvalue weighted by Gasteiger charge is 2.70. The number of amides is 5. The first-order valence-electron chi connectivity index (χ1n) is 13.4. The standard InChI is InChI=1S/C27H45N5O5/c1-25(2,3)20(30-24(37)31-26(4,5)6)23(36)32-13-15-17(27(15,7)8)18(32)22(35)29-16(19(33)21(28)34)12-14-10-9-11-14/h14-18,20H,9-13H2,1-8H3,(H2,28,34)(H,29,35)(H2,30,31,37)/t15-,16-,17-,18?,20+/m0/s1. The fourth-order valence-corrected chi connectivity index (χ4v) is 5.86. The smallest absolute Gasteiger partial charge is 0.315 e. The minimum Gasteiger partial charge on any atom is -0.363 e. The zero-order valence-electron chi connectivity index (χ0n) is 23.6. The quantitative estimate of drug-likeness (QED) is 0.360. The molecule has 1 heterocycles. The molecule has 1 aliphatic heterocycles. The van der Waals surface area contributed by atoms with E-state index in [0.29, 0.717) is 13.0 Å². The van der Waals surface area contributed by atoms with Gasteiger partial charge in [0, 0.05) is 12.1 Å². The molecule has 0 aromatic heterocycles. The lowest BCUT2D eigenvalue weighted by Crippen LogP contribution is -2.62. The molecular formula is C27H45N5O5. The highest BCUT2D eigenvalue weighted by Crippen LogP contribution is 2.65. The van der Waals surface area contributed by atoms with Crippen molar-refractivity contribution in [1.82, 2.24) is 20.9 Å². The van der Waals surface area contributed by atoms with Crippen molar-refractivity contribution in [2.24, 2.45) is 34.3 Å². The van der Waals surface area contributed by atoms with Gasteiger partial charge in [-0.3, -0.25) is 19.2 Å². The van der Waals surface area contributed by atoms with Crippen molar-refractivity contribution < 1.29 is 24.0 Å². The van der Waals surface area contributed by atoms with Crippen LogP contribution in [0.5, 0.6) is 0 Å². The first kappa shape index (κ1) is 28.9. The summed E-state index contributed by atoms with van der Waals surface area (Å²) in [6.07, 6.45) is 3.31. The van der Waals surface area contributed by atoms with Gasteiger partial charge in [-0.2, -0.15) is 0 Å². The number of Topliss-reactive ketones (excluding diaryl/α,β-unsaturated/α-hetero) is 1. The van der Waals surface area contributed by atoms with Gasteiger partial charge in [0.2, 0.25) is 17.6 Å². The number of urea groups is 1. The summed E-state index contributed by atoms with van der Waals surface area (Å²) in [4.78, 5) is 66.1. The van der Waals surface area contributed by atoms with Gasteiger partial charge in [0.1, 0.15) is 12.1 Å². The molecule has 0 radical (unpaired) electrons. The molecule has 3 rings (SSSR count). The van der Waals surface area contributed by atoms with E-state index in [-0.39, 0.29) is 29.1 Å². The number of ketones is 1. The Morgan fingerprint density at radius 2 is 1.59 bits per heavy atom. The van der Waals surface area contributed by atoms with Crippen molar-refractivity contribution in [2.75, 3.05) is 6.54 Å². The van der Waals surface area contributed by atoms with Crippen molar-refractivity contribution in [3.63, 3.8) is 0 Å². The predicted molar refractivity (Wildman–Crippen MR) is 139 cm³/mol. The van der Waals surface area contributed by atoms with E-state index in [0.717, 1.165) is 19.3 Å². The number of hydrogen-bond donors (Lipinski definition) is 4. The van der Waals surface area contributed by atoms with Crippen LogP contribution in [0.1, 0.15) is 81.1 Å². The van der Waals surface area contributed by atoms with Gasteiger partial charge in [-0.05, 0) is 55.8 Å². The first-order valence-corrected chi connectivity index (χ1v) is 13.4. The molecule has 37 heavy (non-hydrogen) atoms. The Bertz CT molecular complexity index is 959. The van der Waals surface area contributed by atoms with Crippen molar-refractivity contribution in [3.05, 3.63) is 0 Å². The van der Waals surface area contributed by atoms with E-state index in [4.69, 9.17) is 5.73 Å². The molecule has 1 unspecified atom stereocenters. The zero-order chi connectivity index (χ0) is 28.1. The second-order valence-corrected chi connectivity index (χ2v) is 13.9. The summed E-state index contributed by atoms with van der Waals surface area (Å²) in [5.74, 6) is -2.35. The number of likely N-dealkylation sites (tertiary alicyclic amines) is 1. The van der Waals surface area contributed by atoms with Crippen LogP contribution in [-0.4, -0.2) is 64.6 Å². The molecule has 3 aliphatic rings. The molecular weight excluding hydrogens is 474 g/mol. The van der Waals surface area contributed by atoms with E-state index in [2.05, 4.69) is 29.8 Å². The topological polar surface area (TPSA) is 151 Å². The molecule has 5 amide bonds. The predicted octanol–water partition coefficient (Wildman–Crippen LogP) is 1.71. The number of piperidine rings is 1. The summed E-state index contributed by atoms with van der Waals surface area (Å²) < 4.78 is 0. The van der Waals surface area contributed by atoms with Crippen LogP contribution in [0.3, 0.4) is 0 Å². The third-order valence-corrected chi connectivity index (χ3v) is 8.31. The number of carbonyl (C=O) groups is 5. The van der Waals surface area contributed by atoms with Gasteiger partial charge in [0.15, 0.2) is 0 Å². The average molecular weight is 520 g/mol. The number of primary amides is 1. The third kappa shape index (κ3) is 6.26. The second kappa shape index (κ2) is 9.91. The molecule has 208 valence electrons. The van der Waals surface area contributed by atoms with E-state index in [9.17, 15) is 24.0 Å².